The van der Waals surface area contributed by atoms with Gasteiger partial charge in [-0.2, -0.15) is 0 Å². The number of amides is 1. The lowest BCUT2D eigenvalue weighted by molar-refractivity contribution is 0.0282. The second-order valence-corrected chi connectivity index (χ2v) is 7.70. The number of pyridine rings is 1. The Kier molecular flexibility index (Phi) is 4.58. The first-order valence-corrected chi connectivity index (χ1v) is 8.54. The molecular weight excluding hydrogens is 322 g/mol. The number of hydrogen-bond donors (Lipinski definition) is 0. The summed E-state index contributed by atoms with van der Waals surface area (Å²) in [5.74, 6) is 0.443. The van der Waals surface area contributed by atoms with E-state index in [0.29, 0.717) is 17.5 Å². The maximum absolute atomic E-state index is 12.2. The van der Waals surface area contributed by atoms with Gasteiger partial charge < -0.3 is 19.3 Å². The van der Waals surface area contributed by atoms with Crippen molar-refractivity contribution in [3.05, 3.63) is 24.0 Å². The predicted octanol–water partition coefficient (Wildman–Crippen LogP) is 2.17. The molecule has 2 aliphatic heterocycles. The summed E-state index contributed by atoms with van der Waals surface area (Å²) >= 11 is 0. The molecule has 0 bridgehead atoms. The number of esters is 1. The summed E-state index contributed by atoms with van der Waals surface area (Å²) in [6, 6.07) is 3.58. The quantitative estimate of drug-likeness (QED) is 0.764. The molecule has 136 valence electrons. The molecule has 1 aromatic rings. The van der Waals surface area contributed by atoms with Crippen LogP contribution in [0, 0.1) is 11.8 Å². The zero-order valence-electron chi connectivity index (χ0n) is 15.2. The van der Waals surface area contributed by atoms with Gasteiger partial charge in [-0.15, -0.1) is 0 Å². The Morgan fingerprint density at radius 2 is 1.76 bits per heavy atom. The van der Waals surface area contributed by atoms with Gasteiger partial charge in [0.1, 0.15) is 11.3 Å². The van der Waals surface area contributed by atoms with Crippen LogP contribution in [0.25, 0.3) is 0 Å². The number of likely N-dealkylation sites (tertiary alicyclic amines) is 1. The number of nitrogens with zero attached hydrogens (tertiary/aromatic N) is 3. The largest absolute Gasteiger partial charge is 0.464 e. The fraction of sp³-hybridized carbons (Fsp3) is 0.611. The van der Waals surface area contributed by atoms with E-state index in [4.69, 9.17) is 4.74 Å². The van der Waals surface area contributed by atoms with Crippen molar-refractivity contribution in [2.24, 2.45) is 11.8 Å². The van der Waals surface area contributed by atoms with Gasteiger partial charge in [-0.05, 0) is 32.9 Å². The summed E-state index contributed by atoms with van der Waals surface area (Å²) in [6.45, 7) is 8.86. The Balaban J connectivity index is 1.58. The highest BCUT2D eigenvalue weighted by Gasteiger charge is 2.42. The molecule has 0 spiro atoms. The van der Waals surface area contributed by atoms with Crippen molar-refractivity contribution in [2.45, 2.75) is 26.4 Å². The Labute approximate surface area is 147 Å². The Hall–Kier alpha value is -2.31. The van der Waals surface area contributed by atoms with Crippen molar-refractivity contribution < 1.29 is 19.1 Å². The highest BCUT2D eigenvalue weighted by Crippen LogP contribution is 2.34. The van der Waals surface area contributed by atoms with E-state index in [2.05, 4.69) is 14.6 Å². The topological polar surface area (TPSA) is 72.0 Å². The SMILES string of the molecule is COC(=O)c1ccc(N2CC3CN(C(=O)OC(C)(C)C)CC3C2)cn1. The van der Waals surface area contributed by atoms with E-state index in [1.807, 2.05) is 31.7 Å². The fourth-order valence-electron chi connectivity index (χ4n) is 3.48. The molecule has 7 heteroatoms. The molecule has 3 heterocycles. The van der Waals surface area contributed by atoms with Crippen molar-refractivity contribution in [3.63, 3.8) is 0 Å². The molecule has 3 rings (SSSR count). The number of rotatable bonds is 2. The number of hydrogen-bond acceptors (Lipinski definition) is 6. The Morgan fingerprint density at radius 3 is 2.24 bits per heavy atom. The third-order valence-electron chi connectivity index (χ3n) is 4.65. The van der Waals surface area contributed by atoms with Gasteiger partial charge >= 0.3 is 12.1 Å². The van der Waals surface area contributed by atoms with Crippen LogP contribution in [-0.4, -0.2) is 60.8 Å². The molecule has 0 radical (unpaired) electrons. The van der Waals surface area contributed by atoms with E-state index < -0.39 is 11.6 Å². The van der Waals surface area contributed by atoms with Gasteiger partial charge in [0.15, 0.2) is 0 Å². The number of methoxy groups -OCH3 is 1. The van der Waals surface area contributed by atoms with Crippen molar-refractivity contribution in [1.82, 2.24) is 9.88 Å². The van der Waals surface area contributed by atoms with Crippen LogP contribution in [0.5, 0.6) is 0 Å². The lowest BCUT2D eigenvalue weighted by atomic mass is 10.0. The van der Waals surface area contributed by atoms with Crippen LogP contribution < -0.4 is 4.90 Å². The molecule has 7 nitrogen and oxygen atoms in total. The van der Waals surface area contributed by atoms with Crippen LogP contribution in [0.3, 0.4) is 0 Å². The maximum atomic E-state index is 12.2. The molecule has 2 saturated heterocycles. The van der Waals surface area contributed by atoms with E-state index >= 15 is 0 Å². The predicted molar refractivity (Wildman–Crippen MR) is 92.6 cm³/mol. The maximum Gasteiger partial charge on any atom is 0.410 e. The molecule has 2 atom stereocenters. The molecule has 0 N–H and O–H groups in total. The zero-order chi connectivity index (χ0) is 18.2. The Bertz CT molecular complexity index is 639. The van der Waals surface area contributed by atoms with E-state index in [1.165, 1.54) is 7.11 Å². The third-order valence-corrected chi connectivity index (χ3v) is 4.65. The minimum Gasteiger partial charge on any atom is -0.464 e. The molecule has 1 amide bonds. The molecule has 0 saturated carbocycles. The summed E-state index contributed by atoms with van der Waals surface area (Å²) in [5, 5.41) is 0. The molecule has 0 aromatic carbocycles. The summed E-state index contributed by atoms with van der Waals surface area (Å²) in [7, 11) is 1.34. The average molecular weight is 347 g/mol. The lowest BCUT2D eigenvalue weighted by Gasteiger charge is -2.26. The van der Waals surface area contributed by atoms with Crippen LogP contribution in [0.15, 0.2) is 18.3 Å². The first-order chi connectivity index (χ1) is 11.8. The zero-order valence-corrected chi connectivity index (χ0v) is 15.2. The van der Waals surface area contributed by atoms with Crippen LogP contribution in [0.2, 0.25) is 0 Å². The highest BCUT2D eigenvalue weighted by atomic mass is 16.6. The smallest absolute Gasteiger partial charge is 0.410 e. The van der Waals surface area contributed by atoms with Crippen LogP contribution in [0.1, 0.15) is 31.3 Å². The fourth-order valence-corrected chi connectivity index (χ4v) is 3.48. The highest BCUT2D eigenvalue weighted by molar-refractivity contribution is 5.87. The molecule has 2 aliphatic rings. The van der Waals surface area contributed by atoms with E-state index in [1.54, 1.807) is 12.3 Å². The number of carbonyl (C=O) groups is 2. The van der Waals surface area contributed by atoms with Crippen molar-refractivity contribution in [2.75, 3.05) is 38.2 Å². The van der Waals surface area contributed by atoms with Gasteiger partial charge in [-0.3, -0.25) is 0 Å². The second-order valence-electron chi connectivity index (χ2n) is 7.70. The number of ether oxygens (including phenoxy) is 2. The van der Waals surface area contributed by atoms with E-state index in [0.717, 1.165) is 31.9 Å². The standard InChI is InChI=1S/C18H25N3O4/c1-18(2,3)25-17(23)21-10-12-8-20(9-13(12)11-21)14-5-6-15(19-7-14)16(22)24-4/h5-7,12-13H,8-11H2,1-4H3. The van der Waals surface area contributed by atoms with Crippen molar-refractivity contribution >= 4 is 17.7 Å². The molecule has 2 fully saturated rings. The monoisotopic (exact) mass is 347 g/mol. The summed E-state index contributed by atoms with van der Waals surface area (Å²) in [5.41, 5.74) is 0.834. The van der Waals surface area contributed by atoms with Crippen LogP contribution in [-0.2, 0) is 9.47 Å². The molecule has 25 heavy (non-hydrogen) atoms. The molecule has 0 aliphatic carbocycles. The van der Waals surface area contributed by atoms with Crippen molar-refractivity contribution in [3.8, 4) is 0 Å². The van der Waals surface area contributed by atoms with Gasteiger partial charge in [-0.25, -0.2) is 14.6 Å². The number of fused-ring (bicyclic) bond motifs is 1. The molecule has 1 aromatic heterocycles. The molecule has 2 unspecified atom stereocenters. The normalized spacial score (nSPS) is 22.7. The first kappa shape index (κ1) is 17.5. The average Bonchev–Trinajstić information content (AvgIpc) is 3.11. The first-order valence-electron chi connectivity index (χ1n) is 8.54. The lowest BCUT2D eigenvalue weighted by Crippen LogP contribution is -2.37. The van der Waals surface area contributed by atoms with Gasteiger partial charge in [0.25, 0.3) is 0 Å². The summed E-state index contributed by atoms with van der Waals surface area (Å²) < 4.78 is 10.1. The third kappa shape index (κ3) is 3.86. The number of anilines is 1. The second kappa shape index (κ2) is 6.54. The van der Waals surface area contributed by atoms with Crippen LogP contribution >= 0.6 is 0 Å². The van der Waals surface area contributed by atoms with E-state index in [9.17, 15) is 9.59 Å². The minimum absolute atomic E-state index is 0.224. The van der Waals surface area contributed by atoms with Gasteiger partial charge in [0, 0.05) is 38.0 Å². The van der Waals surface area contributed by atoms with Gasteiger partial charge in [-0.1, -0.05) is 0 Å². The number of carbonyl (C=O) groups excluding carboxylic acids is 2. The Morgan fingerprint density at radius 1 is 1.12 bits per heavy atom. The number of aromatic nitrogens is 1. The van der Waals surface area contributed by atoms with Crippen LogP contribution in [0.4, 0.5) is 10.5 Å². The minimum atomic E-state index is -0.464. The molecular formula is C18H25N3O4. The summed E-state index contributed by atoms with van der Waals surface area (Å²) in [6.07, 6.45) is 1.48. The van der Waals surface area contributed by atoms with E-state index in [-0.39, 0.29) is 6.09 Å². The van der Waals surface area contributed by atoms with Crippen molar-refractivity contribution in [1.29, 1.82) is 0 Å². The van der Waals surface area contributed by atoms with Gasteiger partial charge in [0.2, 0.25) is 0 Å². The van der Waals surface area contributed by atoms with Gasteiger partial charge in [0.05, 0.1) is 19.0 Å². The summed E-state index contributed by atoms with van der Waals surface area (Å²) in [4.78, 5) is 31.9.